The van der Waals surface area contributed by atoms with Crippen LogP contribution in [0.15, 0.2) is 48.9 Å². The third-order valence-electron chi connectivity index (χ3n) is 5.07. The number of carbonyl (C=O) groups is 1. The van der Waals surface area contributed by atoms with Crippen LogP contribution in [0.25, 0.3) is 22.6 Å². The summed E-state index contributed by atoms with van der Waals surface area (Å²) in [6, 6.07) is 11.3. The molecular formula is C22H21N7O2. The van der Waals surface area contributed by atoms with Gasteiger partial charge in [0.25, 0.3) is 0 Å². The first-order valence-electron chi connectivity index (χ1n) is 9.67. The van der Waals surface area contributed by atoms with Crippen LogP contribution in [-0.4, -0.2) is 37.2 Å². The first kappa shape index (κ1) is 20.0. The van der Waals surface area contributed by atoms with E-state index in [1.807, 2.05) is 67.3 Å². The van der Waals surface area contributed by atoms with E-state index < -0.39 is 5.97 Å². The van der Waals surface area contributed by atoms with Crippen LogP contribution in [0.2, 0.25) is 0 Å². The average molecular weight is 415 g/mol. The van der Waals surface area contributed by atoms with Crippen molar-refractivity contribution in [1.82, 2.24) is 24.1 Å². The molecule has 9 heteroatoms. The average Bonchev–Trinajstić information content (AvgIpc) is 3.50. The van der Waals surface area contributed by atoms with Gasteiger partial charge in [-0.05, 0) is 44.2 Å². The molecule has 0 saturated heterocycles. The maximum atomic E-state index is 12.2. The summed E-state index contributed by atoms with van der Waals surface area (Å²) in [7, 11) is 1.27. The highest BCUT2D eigenvalue weighted by Crippen LogP contribution is 2.26. The molecule has 0 aliphatic heterocycles. The van der Waals surface area contributed by atoms with Crippen LogP contribution in [0.5, 0.6) is 0 Å². The second kappa shape index (κ2) is 7.84. The predicted octanol–water partition coefficient (Wildman–Crippen LogP) is 3.10. The predicted molar refractivity (Wildman–Crippen MR) is 115 cm³/mol. The molecule has 0 aliphatic carbocycles. The second-order valence-corrected chi connectivity index (χ2v) is 6.92. The van der Waals surface area contributed by atoms with E-state index in [0.717, 1.165) is 29.2 Å². The Balaban J connectivity index is 1.67. The van der Waals surface area contributed by atoms with E-state index in [1.54, 1.807) is 9.25 Å². The quantitative estimate of drug-likeness (QED) is 0.501. The van der Waals surface area contributed by atoms with Crippen LogP contribution >= 0.6 is 0 Å². The molecule has 0 atom stereocenters. The molecule has 156 valence electrons. The van der Waals surface area contributed by atoms with E-state index in [2.05, 4.69) is 10.2 Å². The number of ether oxygens (including phenoxy) is 1. The van der Waals surface area contributed by atoms with Gasteiger partial charge in [0.15, 0.2) is 5.69 Å². The lowest BCUT2D eigenvalue weighted by Gasteiger charge is -2.09. The number of nitrogens with two attached hydrogens (primary N) is 1. The minimum atomic E-state index is -0.609. The summed E-state index contributed by atoms with van der Waals surface area (Å²) >= 11 is 0. The van der Waals surface area contributed by atoms with Gasteiger partial charge in [-0.3, -0.25) is 4.68 Å². The van der Waals surface area contributed by atoms with E-state index in [0.29, 0.717) is 5.69 Å². The first-order chi connectivity index (χ1) is 15.0. The first-order valence-corrected chi connectivity index (χ1v) is 9.67. The van der Waals surface area contributed by atoms with E-state index in [1.165, 1.54) is 13.3 Å². The molecule has 0 radical (unpaired) electrons. The number of methoxy groups -OCH3 is 1. The number of nitriles is 1. The van der Waals surface area contributed by atoms with Gasteiger partial charge in [0.2, 0.25) is 0 Å². The highest BCUT2D eigenvalue weighted by atomic mass is 16.5. The zero-order valence-corrected chi connectivity index (χ0v) is 17.4. The lowest BCUT2D eigenvalue weighted by molar-refractivity contribution is 0.0593. The molecule has 0 aliphatic rings. The fourth-order valence-electron chi connectivity index (χ4n) is 3.43. The number of esters is 1. The Morgan fingerprint density at radius 2 is 1.87 bits per heavy atom. The number of nitrogen functional groups attached to an aromatic ring is 1. The summed E-state index contributed by atoms with van der Waals surface area (Å²) in [6.45, 7) is 4.81. The van der Waals surface area contributed by atoms with E-state index in [9.17, 15) is 10.1 Å². The summed E-state index contributed by atoms with van der Waals surface area (Å²) < 4.78 is 10.0. The Labute approximate surface area is 178 Å². The van der Waals surface area contributed by atoms with Gasteiger partial charge in [0, 0.05) is 36.4 Å². The van der Waals surface area contributed by atoms with Gasteiger partial charge in [-0.2, -0.15) is 15.5 Å². The topological polar surface area (TPSA) is 117 Å². The van der Waals surface area contributed by atoms with Gasteiger partial charge in [-0.15, -0.1) is 0 Å². The lowest BCUT2D eigenvalue weighted by Crippen LogP contribution is -2.11. The standard InChI is InChI=1S/C22H21N7O2/c1-4-27-13-18(14(2)25-27)19-9-10-29(26-19)17-7-5-16(6-8-17)28-12-15(11-23)20(24)21(28)22(30)31-3/h5-10,12-13H,4,24H2,1-3H3. The third-order valence-corrected chi connectivity index (χ3v) is 5.07. The van der Waals surface area contributed by atoms with Crippen molar-refractivity contribution < 1.29 is 9.53 Å². The number of aryl methyl sites for hydroxylation is 2. The van der Waals surface area contributed by atoms with Gasteiger partial charge >= 0.3 is 5.97 Å². The lowest BCUT2D eigenvalue weighted by atomic mass is 10.2. The molecule has 0 spiro atoms. The Hall–Kier alpha value is -4.32. The van der Waals surface area contributed by atoms with Crippen molar-refractivity contribution in [1.29, 1.82) is 5.26 Å². The molecule has 4 aromatic rings. The fraction of sp³-hybridized carbons (Fsp3) is 0.182. The van der Waals surface area contributed by atoms with E-state index in [4.69, 9.17) is 10.5 Å². The van der Waals surface area contributed by atoms with Crippen molar-refractivity contribution in [3.63, 3.8) is 0 Å². The maximum absolute atomic E-state index is 12.2. The normalized spacial score (nSPS) is 10.8. The largest absolute Gasteiger partial charge is 0.464 e. The smallest absolute Gasteiger partial charge is 0.357 e. The van der Waals surface area contributed by atoms with Crippen LogP contribution in [0.4, 0.5) is 5.69 Å². The minimum absolute atomic E-state index is 0.0955. The fourth-order valence-corrected chi connectivity index (χ4v) is 3.43. The number of aromatic nitrogens is 5. The van der Waals surface area contributed by atoms with Crippen molar-refractivity contribution in [2.75, 3.05) is 12.8 Å². The molecule has 0 amide bonds. The molecule has 4 rings (SSSR count). The van der Waals surface area contributed by atoms with Crippen LogP contribution in [-0.2, 0) is 11.3 Å². The summed E-state index contributed by atoms with van der Waals surface area (Å²) in [4.78, 5) is 12.2. The van der Waals surface area contributed by atoms with Crippen molar-refractivity contribution >= 4 is 11.7 Å². The molecule has 9 nitrogen and oxygen atoms in total. The number of hydrogen-bond donors (Lipinski definition) is 1. The molecule has 0 bridgehead atoms. The molecule has 31 heavy (non-hydrogen) atoms. The summed E-state index contributed by atoms with van der Waals surface area (Å²) in [5.41, 5.74) is 10.7. The minimum Gasteiger partial charge on any atom is -0.464 e. The number of hydrogen-bond acceptors (Lipinski definition) is 6. The number of anilines is 1. The molecule has 3 aromatic heterocycles. The molecule has 1 aromatic carbocycles. The summed E-state index contributed by atoms with van der Waals surface area (Å²) in [5, 5.41) is 18.4. The van der Waals surface area contributed by atoms with Gasteiger partial charge < -0.3 is 15.0 Å². The van der Waals surface area contributed by atoms with Crippen molar-refractivity contribution in [2.24, 2.45) is 0 Å². The van der Waals surface area contributed by atoms with Crippen LogP contribution in [0.3, 0.4) is 0 Å². The molecule has 0 fully saturated rings. The zero-order chi connectivity index (χ0) is 22.1. The molecule has 3 heterocycles. The van der Waals surface area contributed by atoms with E-state index >= 15 is 0 Å². The van der Waals surface area contributed by atoms with Crippen molar-refractivity contribution in [3.8, 4) is 28.7 Å². The zero-order valence-electron chi connectivity index (χ0n) is 17.4. The van der Waals surface area contributed by atoms with Crippen molar-refractivity contribution in [3.05, 3.63) is 65.9 Å². The third kappa shape index (κ3) is 3.44. The SMILES string of the molecule is CCn1cc(-c2ccn(-c3ccc(-n4cc(C#N)c(N)c4C(=O)OC)cc3)n2)c(C)n1. The molecule has 0 unspecified atom stereocenters. The Morgan fingerprint density at radius 3 is 2.48 bits per heavy atom. The Morgan fingerprint density at radius 1 is 1.16 bits per heavy atom. The van der Waals surface area contributed by atoms with Gasteiger partial charge in [-0.1, -0.05) is 0 Å². The van der Waals surface area contributed by atoms with Gasteiger partial charge in [-0.25, -0.2) is 9.48 Å². The number of carbonyl (C=O) groups excluding carboxylic acids is 1. The van der Waals surface area contributed by atoms with Crippen LogP contribution < -0.4 is 5.73 Å². The number of rotatable bonds is 5. The highest BCUT2D eigenvalue weighted by Gasteiger charge is 2.21. The van der Waals surface area contributed by atoms with Crippen molar-refractivity contribution in [2.45, 2.75) is 20.4 Å². The van der Waals surface area contributed by atoms with Crippen LogP contribution in [0.1, 0.15) is 28.7 Å². The highest BCUT2D eigenvalue weighted by molar-refractivity contribution is 5.95. The Bertz CT molecular complexity index is 1300. The molecule has 2 N–H and O–H groups in total. The maximum Gasteiger partial charge on any atom is 0.357 e. The van der Waals surface area contributed by atoms with Crippen LogP contribution in [0, 0.1) is 18.3 Å². The summed E-state index contributed by atoms with van der Waals surface area (Å²) in [5.74, 6) is -0.609. The molecular weight excluding hydrogens is 394 g/mol. The monoisotopic (exact) mass is 415 g/mol. The number of benzene rings is 1. The van der Waals surface area contributed by atoms with E-state index in [-0.39, 0.29) is 16.9 Å². The second-order valence-electron chi connectivity index (χ2n) is 6.92. The van der Waals surface area contributed by atoms with Gasteiger partial charge in [0.1, 0.15) is 6.07 Å². The Kier molecular flexibility index (Phi) is 5.05. The number of nitrogens with zero attached hydrogens (tertiary/aromatic N) is 6. The molecule has 0 saturated carbocycles. The van der Waals surface area contributed by atoms with Gasteiger partial charge in [0.05, 0.1) is 35.4 Å². The summed E-state index contributed by atoms with van der Waals surface area (Å²) in [6.07, 6.45) is 5.40.